The summed E-state index contributed by atoms with van der Waals surface area (Å²) < 4.78 is 0. The van der Waals surface area contributed by atoms with Crippen molar-refractivity contribution in [2.75, 3.05) is 13.1 Å². The van der Waals surface area contributed by atoms with Crippen LogP contribution >= 0.6 is 23.4 Å². The number of unbranched alkanes of at least 4 members (excludes halogenated alkanes) is 1. The highest BCUT2D eigenvalue weighted by Gasteiger charge is 2.30. The number of rotatable bonds is 7. The van der Waals surface area contributed by atoms with E-state index in [9.17, 15) is 9.90 Å². The minimum atomic E-state index is -0.470. The van der Waals surface area contributed by atoms with Crippen molar-refractivity contribution in [3.8, 4) is 0 Å². The van der Waals surface area contributed by atoms with Crippen LogP contribution in [0.1, 0.15) is 49.0 Å². The van der Waals surface area contributed by atoms with Gasteiger partial charge in [0.05, 0.1) is 5.69 Å². The van der Waals surface area contributed by atoms with Crippen LogP contribution in [0.3, 0.4) is 0 Å². The quantitative estimate of drug-likeness (QED) is 0.276. The van der Waals surface area contributed by atoms with E-state index in [0.717, 1.165) is 55.6 Å². The van der Waals surface area contributed by atoms with E-state index in [1.807, 2.05) is 54.3 Å². The molecule has 1 saturated heterocycles. The first-order valence-corrected chi connectivity index (χ1v) is 12.0. The van der Waals surface area contributed by atoms with Gasteiger partial charge in [0.1, 0.15) is 16.1 Å². The Morgan fingerprint density at radius 3 is 2.58 bits per heavy atom. The molecule has 1 N–H and O–H groups in total. The normalized spacial score (nSPS) is 15.9. The molecule has 0 saturated carbocycles. The van der Waals surface area contributed by atoms with Crippen LogP contribution in [-0.4, -0.2) is 34.0 Å². The van der Waals surface area contributed by atoms with Gasteiger partial charge in [0, 0.05) is 18.1 Å². The van der Waals surface area contributed by atoms with Crippen molar-refractivity contribution < 1.29 is 9.90 Å². The number of carbonyl (C=O) groups is 1. The summed E-state index contributed by atoms with van der Waals surface area (Å²) in [5.41, 5.74) is 2.55. The van der Waals surface area contributed by atoms with Gasteiger partial charge >= 0.3 is 0 Å². The lowest BCUT2D eigenvalue weighted by Gasteiger charge is -2.23. The zero-order valence-electron chi connectivity index (χ0n) is 18.1. The highest BCUT2D eigenvalue weighted by molar-refractivity contribution is 8.15. The number of likely N-dealkylation sites (tertiary alicyclic amines) is 1. The Hall–Kier alpha value is -2.24. The Balaban J connectivity index is 2.00. The fourth-order valence-electron chi connectivity index (χ4n) is 3.47. The number of benzene rings is 2. The molecule has 1 atom stereocenters. The molecule has 3 rings (SSSR count). The fraction of sp³-hybridized carbons (Fsp3) is 0.360. The minimum absolute atomic E-state index is 0.0671. The van der Waals surface area contributed by atoms with E-state index in [-0.39, 0.29) is 11.7 Å². The predicted molar refractivity (Wildman–Crippen MR) is 131 cm³/mol. The number of hydrogen-bond donors (Lipinski definition) is 1. The molecule has 0 spiro atoms. The Morgan fingerprint density at radius 1 is 1.23 bits per heavy atom. The Kier molecular flexibility index (Phi) is 8.61. The van der Waals surface area contributed by atoms with E-state index in [4.69, 9.17) is 16.6 Å². The SMILES string of the molecule is CCC/C=C(\O)C(=Nc1ccc(Cl)cc1C)SC(C(=O)N1CCCC1)c1ccccc1. The topological polar surface area (TPSA) is 52.9 Å². The highest BCUT2D eigenvalue weighted by atomic mass is 35.5. The summed E-state index contributed by atoms with van der Waals surface area (Å²) >= 11 is 7.41. The summed E-state index contributed by atoms with van der Waals surface area (Å²) in [6.45, 7) is 5.55. The van der Waals surface area contributed by atoms with E-state index in [1.54, 1.807) is 12.1 Å². The molecular weight excluding hydrogens is 428 g/mol. The number of carbonyl (C=O) groups excluding carboxylic acids is 1. The lowest BCUT2D eigenvalue weighted by Crippen LogP contribution is -2.32. The maximum Gasteiger partial charge on any atom is 0.240 e. The molecule has 2 aromatic rings. The van der Waals surface area contributed by atoms with Gasteiger partial charge in [-0.3, -0.25) is 4.79 Å². The maximum absolute atomic E-state index is 13.4. The van der Waals surface area contributed by atoms with Gasteiger partial charge in [0.15, 0.2) is 0 Å². The van der Waals surface area contributed by atoms with Crippen LogP contribution in [-0.2, 0) is 4.79 Å². The van der Waals surface area contributed by atoms with Crippen LogP contribution in [0.5, 0.6) is 0 Å². The third-order valence-electron chi connectivity index (χ3n) is 5.20. The third-order valence-corrected chi connectivity index (χ3v) is 6.67. The molecule has 164 valence electrons. The molecule has 31 heavy (non-hydrogen) atoms. The number of aliphatic hydroxyl groups is 1. The molecule has 1 aliphatic heterocycles. The average molecular weight is 457 g/mol. The van der Waals surface area contributed by atoms with E-state index < -0.39 is 5.25 Å². The zero-order valence-corrected chi connectivity index (χ0v) is 19.6. The molecule has 1 heterocycles. The molecule has 1 aliphatic rings. The second-order valence-corrected chi connectivity index (χ2v) is 9.20. The Bertz CT molecular complexity index is 953. The van der Waals surface area contributed by atoms with Crippen molar-refractivity contribution in [3.63, 3.8) is 0 Å². The smallest absolute Gasteiger partial charge is 0.240 e. The second kappa shape index (κ2) is 11.4. The first-order chi connectivity index (χ1) is 15.0. The minimum Gasteiger partial charge on any atom is -0.505 e. The molecule has 1 fully saturated rings. The van der Waals surface area contributed by atoms with Crippen LogP contribution in [0.2, 0.25) is 5.02 Å². The molecule has 6 heteroatoms. The van der Waals surface area contributed by atoms with Crippen LogP contribution < -0.4 is 0 Å². The molecule has 1 amide bonds. The van der Waals surface area contributed by atoms with Gasteiger partial charge in [-0.05, 0) is 61.6 Å². The highest BCUT2D eigenvalue weighted by Crippen LogP contribution is 2.36. The Morgan fingerprint density at radius 2 is 1.94 bits per heavy atom. The van der Waals surface area contributed by atoms with Crippen molar-refractivity contribution in [2.45, 2.75) is 44.8 Å². The number of nitrogens with zero attached hydrogens (tertiary/aromatic N) is 2. The van der Waals surface area contributed by atoms with Crippen molar-refractivity contribution >= 4 is 40.0 Å². The molecule has 0 aromatic heterocycles. The number of amides is 1. The number of aryl methyl sites for hydroxylation is 1. The number of thioether (sulfide) groups is 1. The molecule has 0 radical (unpaired) electrons. The second-order valence-electron chi connectivity index (χ2n) is 7.67. The van der Waals surface area contributed by atoms with Crippen molar-refractivity contribution in [2.24, 2.45) is 4.99 Å². The van der Waals surface area contributed by atoms with Gasteiger partial charge in [0.2, 0.25) is 5.91 Å². The molecule has 0 aliphatic carbocycles. The summed E-state index contributed by atoms with van der Waals surface area (Å²) in [5.74, 6) is 0.175. The molecule has 1 unspecified atom stereocenters. The van der Waals surface area contributed by atoms with Gasteiger partial charge in [-0.25, -0.2) is 4.99 Å². The van der Waals surface area contributed by atoms with Gasteiger partial charge in [-0.1, -0.05) is 67.0 Å². The number of hydrogen-bond acceptors (Lipinski definition) is 4. The van der Waals surface area contributed by atoms with Crippen LogP contribution in [0, 0.1) is 6.92 Å². The average Bonchev–Trinajstić information content (AvgIpc) is 3.31. The molecule has 0 bridgehead atoms. The van der Waals surface area contributed by atoms with Gasteiger partial charge in [0.25, 0.3) is 0 Å². The zero-order chi connectivity index (χ0) is 22.2. The molecule has 2 aromatic carbocycles. The van der Waals surface area contributed by atoms with Gasteiger partial charge in [-0.15, -0.1) is 0 Å². The fourth-order valence-corrected chi connectivity index (χ4v) is 4.82. The van der Waals surface area contributed by atoms with Crippen LogP contribution in [0.15, 0.2) is 65.4 Å². The summed E-state index contributed by atoms with van der Waals surface area (Å²) in [4.78, 5) is 20.1. The molecule has 4 nitrogen and oxygen atoms in total. The lowest BCUT2D eigenvalue weighted by molar-refractivity contribution is -0.129. The summed E-state index contributed by atoms with van der Waals surface area (Å²) in [7, 11) is 0. The number of allylic oxidation sites excluding steroid dienone is 1. The number of aliphatic hydroxyl groups excluding tert-OH is 1. The van der Waals surface area contributed by atoms with Gasteiger partial charge < -0.3 is 10.0 Å². The summed E-state index contributed by atoms with van der Waals surface area (Å²) in [6.07, 6.45) is 5.49. The van der Waals surface area contributed by atoms with Crippen molar-refractivity contribution in [1.82, 2.24) is 4.90 Å². The number of halogens is 1. The standard InChI is InChI=1S/C25H29ClN2O2S/c1-3-4-12-22(29)24(27-21-14-13-20(26)17-18(21)2)31-23(19-10-6-5-7-11-19)25(30)28-15-8-9-16-28/h5-7,10-14,17,23,29H,3-4,8-9,15-16H2,1-2H3/b22-12-,27-24?. The third kappa shape index (κ3) is 6.37. The van der Waals surface area contributed by atoms with E-state index in [1.165, 1.54) is 11.8 Å². The number of aliphatic imine (C=N–C) groups is 1. The first kappa shape index (κ1) is 23.4. The Labute approximate surface area is 194 Å². The summed E-state index contributed by atoms with van der Waals surface area (Å²) in [6, 6.07) is 15.2. The monoisotopic (exact) mass is 456 g/mol. The summed E-state index contributed by atoms with van der Waals surface area (Å²) in [5, 5.41) is 11.5. The largest absolute Gasteiger partial charge is 0.505 e. The van der Waals surface area contributed by atoms with Crippen LogP contribution in [0.25, 0.3) is 0 Å². The predicted octanol–water partition coefficient (Wildman–Crippen LogP) is 7.02. The van der Waals surface area contributed by atoms with Crippen molar-refractivity contribution in [1.29, 1.82) is 0 Å². The van der Waals surface area contributed by atoms with Crippen molar-refractivity contribution in [3.05, 3.63) is 76.5 Å². The van der Waals surface area contributed by atoms with Crippen LogP contribution in [0.4, 0.5) is 5.69 Å². The molecular formula is C25H29ClN2O2S. The van der Waals surface area contributed by atoms with Gasteiger partial charge in [-0.2, -0.15) is 0 Å². The van der Waals surface area contributed by atoms with E-state index >= 15 is 0 Å². The van der Waals surface area contributed by atoms with E-state index in [0.29, 0.717) is 10.1 Å². The first-order valence-electron chi connectivity index (χ1n) is 10.7. The van der Waals surface area contributed by atoms with E-state index in [2.05, 4.69) is 6.92 Å². The lowest BCUT2D eigenvalue weighted by atomic mass is 10.1. The maximum atomic E-state index is 13.4.